The molecule has 2 aromatic carbocycles. The van der Waals surface area contributed by atoms with Gasteiger partial charge in [0, 0.05) is 23.5 Å². The molecule has 0 saturated carbocycles. The number of aliphatic carboxylic acids is 1. The molecule has 1 atom stereocenters. The van der Waals surface area contributed by atoms with Gasteiger partial charge in [-0.3, -0.25) is 14.4 Å². The Hall–Kier alpha value is -3.19. The van der Waals surface area contributed by atoms with E-state index in [1.807, 2.05) is 0 Å². The van der Waals surface area contributed by atoms with E-state index in [1.54, 1.807) is 48.5 Å². The lowest BCUT2D eigenvalue weighted by atomic mass is 10.1. The van der Waals surface area contributed by atoms with Gasteiger partial charge in [0.05, 0.1) is 6.42 Å². The molecule has 2 aromatic rings. The van der Waals surface area contributed by atoms with Crippen molar-refractivity contribution in [3.63, 3.8) is 0 Å². The van der Waals surface area contributed by atoms with Gasteiger partial charge in [0.15, 0.2) is 0 Å². The molecule has 1 heterocycles. The number of carbonyl (C=O) groups is 3. The van der Waals surface area contributed by atoms with Gasteiger partial charge in [-0.2, -0.15) is 0 Å². The highest BCUT2D eigenvalue weighted by Crippen LogP contribution is 2.17. The van der Waals surface area contributed by atoms with Crippen molar-refractivity contribution in [1.29, 1.82) is 0 Å². The van der Waals surface area contributed by atoms with E-state index in [2.05, 4.69) is 10.6 Å². The van der Waals surface area contributed by atoms with Crippen molar-refractivity contribution in [2.24, 2.45) is 0 Å². The molecule has 0 spiro atoms. The molecule has 27 heavy (non-hydrogen) atoms. The largest absolute Gasteiger partial charge is 0.481 e. The predicted octanol–water partition coefficient (Wildman–Crippen LogP) is 2.68. The van der Waals surface area contributed by atoms with Crippen molar-refractivity contribution in [3.8, 4) is 0 Å². The molecule has 1 saturated heterocycles. The van der Waals surface area contributed by atoms with Crippen LogP contribution in [0.15, 0.2) is 48.5 Å². The van der Waals surface area contributed by atoms with Gasteiger partial charge in [0.1, 0.15) is 6.10 Å². The lowest BCUT2D eigenvalue weighted by molar-refractivity contribution is -0.136. The molecule has 3 rings (SSSR count). The quantitative estimate of drug-likeness (QED) is 0.727. The summed E-state index contributed by atoms with van der Waals surface area (Å²) in [5.74, 6) is -1.37. The van der Waals surface area contributed by atoms with E-state index in [0.29, 0.717) is 29.1 Å². The van der Waals surface area contributed by atoms with Crippen molar-refractivity contribution < 1.29 is 24.2 Å². The number of anilines is 2. The van der Waals surface area contributed by atoms with Crippen LogP contribution in [0.25, 0.3) is 0 Å². The number of amides is 2. The van der Waals surface area contributed by atoms with Crippen LogP contribution in [0.4, 0.5) is 11.4 Å². The maximum atomic E-state index is 12.3. The number of hydrogen-bond acceptors (Lipinski definition) is 4. The average Bonchev–Trinajstić information content (AvgIpc) is 3.18. The molecule has 1 unspecified atom stereocenters. The summed E-state index contributed by atoms with van der Waals surface area (Å²) in [7, 11) is 0. The van der Waals surface area contributed by atoms with Crippen molar-refractivity contribution in [1.82, 2.24) is 0 Å². The second kappa shape index (κ2) is 8.46. The monoisotopic (exact) mass is 368 g/mol. The lowest BCUT2D eigenvalue weighted by Crippen LogP contribution is -2.26. The summed E-state index contributed by atoms with van der Waals surface area (Å²) in [4.78, 5) is 35.0. The van der Waals surface area contributed by atoms with Gasteiger partial charge in [-0.1, -0.05) is 12.1 Å². The van der Waals surface area contributed by atoms with Crippen molar-refractivity contribution in [2.45, 2.75) is 25.4 Å². The number of rotatable bonds is 6. The van der Waals surface area contributed by atoms with Crippen LogP contribution in [0.3, 0.4) is 0 Å². The number of carboxylic acid groups (broad SMARTS) is 1. The molecule has 7 heteroatoms. The Morgan fingerprint density at radius 1 is 0.963 bits per heavy atom. The van der Waals surface area contributed by atoms with Gasteiger partial charge in [-0.15, -0.1) is 0 Å². The summed E-state index contributed by atoms with van der Waals surface area (Å²) in [5.41, 5.74) is 2.28. The number of benzene rings is 2. The average molecular weight is 368 g/mol. The Bertz CT molecular complexity index is 824. The SMILES string of the molecule is O=C(O)Cc1ccc(NC(=O)c2ccc(NC(=O)C3CCCO3)cc2)cc1. The summed E-state index contributed by atoms with van der Waals surface area (Å²) in [6.07, 6.45) is 1.14. The fourth-order valence-corrected chi connectivity index (χ4v) is 2.80. The van der Waals surface area contributed by atoms with Gasteiger partial charge in [0.25, 0.3) is 11.8 Å². The smallest absolute Gasteiger partial charge is 0.307 e. The summed E-state index contributed by atoms with van der Waals surface area (Å²) >= 11 is 0. The predicted molar refractivity (Wildman–Crippen MR) is 99.8 cm³/mol. The minimum Gasteiger partial charge on any atom is -0.481 e. The second-order valence-corrected chi connectivity index (χ2v) is 6.29. The molecule has 0 bridgehead atoms. The Labute approximate surface area is 156 Å². The topological polar surface area (TPSA) is 105 Å². The van der Waals surface area contributed by atoms with E-state index in [0.717, 1.165) is 12.8 Å². The highest BCUT2D eigenvalue weighted by Gasteiger charge is 2.23. The standard InChI is InChI=1S/C20H20N2O5/c23-18(24)12-13-3-7-15(8-4-13)21-19(25)14-5-9-16(10-6-14)22-20(26)17-2-1-11-27-17/h3-10,17H,1-2,11-12H2,(H,21,25)(H,22,26)(H,23,24). The number of carbonyl (C=O) groups excluding carboxylic acids is 2. The van der Waals surface area contributed by atoms with Crippen LogP contribution in [-0.4, -0.2) is 35.6 Å². The van der Waals surface area contributed by atoms with Crippen molar-refractivity contribution in [3.05, 3.63) is 59.7 Å². The number of nitrogens with one attached hydrogen (secondary N) is 2. The first-order valence-corrected chi connectivity index (χ1v) is 8.66. The van der Waals surface area contributed by atoms with Crippen LogP contribution >= 0.6 is 0 Å². The van der Waals surface area contributed by atoms with Crippen LogP contribution < -0.4 is 10.6 Å². The van der Waals surface area contributed by atoms with E-state index in [-0.39, 0.29) is 18.2 Å². The molecule has 7 nitrogen and oxygen atoms in total. The summed E-state index contributed by atoms with van der Waals surface area (Å²) in [5, 5.41) is 14.3. The highest BCUT2D eigenvalue weighted by molar-refractivity contribution is 6.04. The fourth-order valence-electron chi connectivity index (χ4n) is 2.80. The van der Waals surface area contributed by atoms with Crippen LogP contribution in [0, 0.1) is 0 Å². The van der Waals surface area contributed by atoms with Gasteiger partial charge in [-0.05, 0) is 54.8 Å². The van der Waals surface area contributed by atoms with Crippen LogP contribution in [-0.2, 0) is 20.7 Å². The molecule has 0 aromatic heterocycles. The van der Waals surface area contributed by atoms with E-state index in [9.17, 15) is 14.4 Å². The third-order valence-corrected chi connectivity index (χ3v) is 4.20. The zero-order valence-electron chi connectivity index (χ0n) is 14.6. The molecule has 2 amide bonds. The minimum absolute atomic E-state index is 0.0622. The number of carboxylic acids is 1. The Morgan fingerprint density at radius 3 is 2.19 bits per heavy atom. The molecule has 140 valence electrons. The summed E-state index contributed by atoms with van der Waals surface area (Å²) < 4.78 is 5.34. The maximum absolute atomic E-state index is 12.3. The van der Waals surface area contributed by atoms with Gasteiger partial charge in [-0.25, -0.2) is 0 Å². The first-order chi connectivity index (χ1) is 13.0. The van der Waals surface area contributed by atoms with Gasteiger partial charge in [0.2, 0.25) is 0 Å². The fraction of sp³-hybridized carbons (Fsp3) is 0.250. The lowest BCUT2D eigenvalue weighted by Gasteiger charge is -2.11. The van der Waals surface area contributed by atoms with E-state index in [1.165, 1.54) is 0 Å². The Balaban J connectivity index is 1.57. The molecule has 3 N–H and O–H groups in total. The number of hydrogen-bond donors (Lipinski definition) is 3. The Morgan fingerprint density at radius 2 is 1.59 bits per heavy atom. The molecular weight excluding hydrogens is 348 g/mol. The van der Waals surface area contributed by atoms with Crippen LogP contribution in [0.1, 0.15) is 28.8 Å². The summed E-state index contributed by atoms with van der Waals surface area (Å²) in [6, 6.07) is 13.2. The molecule has 0 aliphatic carbocycles. The van der Waals surface area contributed by atoms with Gasteiger partial charge >= 0.3 is 5.97 Å². The normalized spacial score (nSPS) is 15.9. The van der Waals surface area contributed by atoms with Gasteiger partial charge < -0.3 is 20.5 Å². The van der Waals surface area contributed by atoms with E-state index in [4.69, 9.17) is 9.84 Å². The molecule has 1 fully saturated rings. The Kier molecular flexibility index (Phi) is 5.83. The van der Waals surface area contributed by atoms with Crippen LogP contribution in [0.5, 0.6) is 0 Å². The van der Waals surface area contributed by atoms with Crippen LogP contribution in [0.2, 0.25) is 0 Å². The maximum Gasteiger partial charge on any atom is 0.307 e. The minimum atomic E-state index is -0.904. The second-order valence-electron chi connectivity index (χ2n) is 6.29. The molecule has 1 aliphatic rings. The van der Waals surface area contributed by atoms with Crippen molar-refractivity contribution in [2.75, 3.05) is 17.2 Å². The third kappa shape index (κ3) is 5.15. The first-order valence-electron chi connectivity index (χ1n) is 8.66. The first kappa shape index (κ1) is 18.6. The third-order valence-electron chi connectivity index (χ3n) is 4.20. The zero-order chi connectivity index (χ0) is 19.2. The van der Waals surface area contributed by atoms with Crippen molar-refractivity contribution >= 4 is 29.2 Å². The molecule has 1 aliphatic heterocycles. The molecule has 0 radical (unpaired) electrons. The zero-order valence-corrected chi connectivity index (χ0v) is 14.6. The molecular formula is C20H20N2O5. The summed E-state index contributed by atoms with van der Waals surface area (Å²) in [6.45, 7) is 0.606. The number of ether oxygens (including phenoxy) is 1. The van der Waals surface area contributed by atoms with E-state index >= 15 is 0 Å². The van der Waals surface area contributed by atoms with E-state index < -0.39 is 12.1 Å². The highest BCUT2D eigenvalue weighted by atomic mass is 16.5.